The third kappa shape index (κ3) is 5.18. The number of fused-ring (bicyclic) bond motifs is 15. The molecule has 1 heterocycles. The van der Waals surface area contributed by atoms with E-state index in [1.165, 1.54) is 77.9 Å². The van der Waals surface area contributed by atoms with E-state index in [9.17, 15) is 0 Å². The lowest BCUT2D eigenvalue weighted by Gasteiger charge is -2.46. The van der Waals surface area contributed by atoms with Crippen LogP contribution in [0.25, 0.3) is 67.5 Å². The Hall–Kier alpha value is -7.75. The Bertz CT molecular complexity index is 3320. The summed E-state index contributed by atoms with van der Waals surface area (Å²) in [6, 6.07) is 69.0. The van der Waals surface area contributed by atoms with Crippen molar-refractivity contribution in [3.63, 3.8) is 0 Å². The molecule has 2 atom stereocenters. The van der Waals surface area contributed by atoms with Crippen LogP contribution in [-0.4, -0.2) is 15.0 Å². The fourth-order valence-electron chi connectivity index (χ4n) is 11.8. The Kier molecular flexibility index (Phi) is 7.99. The van der Waals surface area contributed by atoms with Crippen LogP contribution in [-0.2, 0) is 10.8 Å². The van der Waals surface area contributed by atoms with E-state index in [2.05, 4.69) is 190 Å². The summed E-state index contributed by atoms with van der Waals surface area (Å²) in [5, 5.41) is 0. The van der Waals surface area contributed by atoms with Gasteiger partial charge in [-0.05, 0) is 90.0 Å². The maximum Gasteiger partial charge on any atom is 0.164 e. The lowest BCUT2D eigenvalue weighted by atomic mass is 9.55. The summed E-state index contributed by atoms with van der Waals surface area (Å²) in [6.07, 6.45) is 9.19. The zero-order chi connectivity index (χ0) is 42.6. The molecule has 8 aromatic carbocycles. The second kappa shape index (κ2) is 13.9. The van der Waals surface area contributed by atoms with Crippen LogP contribution in [0.5, 0.6) is 0 Å². The number of aromatic nitrogens is 3. The van der Waals surface area contributed by atoms with Gasteiger partial charge in [0.05, 0.1) is 5.41 Å². The van der Waals surface area contributed by atoms with Crippen molar-refractivity contribution in [2.75, 3.05) is 0 Å². The summed E-state index contributed by atoms with van der Waals surface area (Å²) in [6.45, 7) is 4.76. The monoisotopic (exact) mass is 817 g/mol. The van der Waals surface area contributed by atoms with Crippen LogP contribution in [0.1, 0.15) is 70.2 Å². The first-order valence-electron chi connectivity index (χ1n) is 22.4. The van der Waals surface area contributed by atoms with Gasteiger partial charge in [-0.3, -0.25) is 0 Å². The van der Waals surface area contributed by atoms with Crippen LogP contribution in [0, 0.1) is 0 Å². The smallest absolute Gasteiger partial charge is 0.164 e. The summed E-state index contributed by atoms with van der Waals surface area (Å²) in [5.41, 5.74) is 20.2. The van der Waals surface area contributed by atoms with Gasteiger partial charge in [-0.15, -0.1) is 0 Å². The first kappa shape index (κ1) is 36.9. The SMILES string of the molecule is CC1(C)c2ccccc2C2(c3ccc(-c4ccc5c(c4)C4C=CC=CC4c4ccccc4-5)cc3-c3c(-c4nc(-c5ccccc5)nc(-c5ccccc5)n4)cccc32)c2ccccc21. The Balaban J connectivity index is 1.09. The average molecular weight is 818 g/mol. The maximum atomic E-state index is 5.35. The number of nitrogens with zero attached hydrogens (tertiary/aromatic N) is 3. The van der Waals surface area contributed by atoms with E-state index in [4.69, 9.17) is 15.0 Å². The molecule has 0 saturated heterocycles. The third-order valence-electron chi connectivity index (χ3n) is 14.6. The maximum absolute atomic E-state index is 5.35. The number of hydrogen-bond acceptors (Lipinski definition) is 3. The predicted octanol–water partition coefficient (Wildman–Crippen LogP) is 14.5. The van der Waals surface area contributed by atoms with Gasteiger partial charge in [-0.1, -0.05) is 214 Å². The van der Waals surface area contributed by atoms with Gasteiger partial charge in [0.25, 0.3) is 0 Å². The molecule has 0 fully saturated rings. The fraction of sp³-hybridized carbons (Fsp3) is 0.0984. The van der Waals surface area contributed by atoms with Gasteiger partial charge in [0.2, 0.25) is 0 Å². The number of rotatable bonds is 4. The van der Waals surface area contributed by atoms with Gasteiger partial charge in [0, 0.05) is 33.9 Å². The van der Waals surface area contributed by atoms with E-state index in [1.807, 2.05) is 36.4 Å². The Labute approximate surface area is 374 Å². The summed E-state index contributed by atoms with van der Waals surface area (Å²) in [4.78, 5) is 15.8. The largest absolute Gasteiger partial charge is 0.208 e. The molecule has 0 saturated carbocycles. The predicted molar refractivity (Wildman–Crippen MR) is 260 cm³/mol. The van der Waals surface area contributed by atoms with E-state index >= 15 is 0 Å². The van der Waals surface area contributed by atoms with Crippen LogP contribution < -0.4 is 0 Å². The van der Waals surface area contributed by atoms with Crippen LogP contribution in [0.3, 0.4) is 0 Å². The molecule has 4 aliphatic carbocycles. The highest BCUT2D eigenvalue weighted by Gasteiger charge is 2.54. The van der Waals surface area contributed by atoms with Gasteiger partial charge in [-0.25, -0.2) is 15.0 Å². The van der Waals surface area contributed by atoms with E-state index in [-0.39, 0.29) is 11.3 Å². The van der Waals surface area contributed by atoms with Crippen LogP contribution in [0.15, 0.2) is 212 Å². The molecule has 0 amide bonds. The molecule has 4 aliphatic rings. The molecule has 3 nitrogen and oxygen atoms in total. The molecule has 0 N–H and O–H groups in total. The van der Waals surface area contributed by atoms with E-state index in [1.54, 1.807) is 0 Å². The third-order valence-corrected chi connectivity index (χ3v) is 14.6. The van der Waals surface area contributed by atoms with Gasteiger partial charge in [0.1, 0.15) is 0 Å². The molecule has 2 unspecified atom stereocenters. The Morgan fingerprint density at radius 2 is 0.844 bits per heavy atom. The molecule has 302 valence electrons. The molecule has 13 rings (SSSR count). The van der Waals surface area contributed by atoms with Crippen molar-refractivity contribution in [3.8, 4) is 67.5 Å². The second-order valence-corrected chi connectivity index (χ2v) is 18.2. The van der Waals surface area contributed by atoms with Crippen LogP contribution in [0.4, 0.5) is 0 Å². The van der Waals surface area contributed by atoms with Gasteiger partial charge in [0.15, 0.2) is 17.5 Å². The minimum atomic E-state index is -0.578. The molecular weight excluding hydrogens is 775 g/mol. The Morgan fingerprint density at radius 3 is 1.52 bits per heavy atom. The van der Waals surface area contributed by atoms with Gasteiger partial charge in [-0.2, -0.15) is 0 Å². The number of hydrogen-bond donors (Lipinski definition) is 0. The van der Waals surface area contributed by atoms with Crippen molar-refractivity contribution in [1.82, 2.24) is 15.0 Å². The lowest BCUT2D eigenvalue weighted by molar-refractivity contribution is 0.563. The fourth-order valence-corrected chi connectivity index (χ4v) is 11.8. The standard InChI is InChI=1S/C61H43N3/c1-60(2)51-27-13-15-29-53(51)61(54-30-16-14-28-52(54)60)50-35-33-41(40-32-34-46-44-24-10-9-22-42(44)43-23-11-12-25-45(43)48(46)36-40)37-49(50)56-47(26-17-31-55(56)61)59-63-57(38-18-5-3-6-19-38)62-58(64-59)39-20-7-4-8-21-39/h3-37,43,45H,1-2H3. The highest BCUT2D eigenvalue weighted by Crippen LogP contribution is 2.64. The second-order valence-electron chi connectivity index (χ2n) is 18.2. The molecule has 1 aromatic heterocycles. The summed E-state index contributed by atoms with van der Waals surface area (Å²) in [7, 11) is 0. The van der Waals surface area contributed by atoms with Crippen molar-refractivity contribution in [3.05, 3.63) is 257 Å². The summed E-state index contributed by atoms with van der Waals surface area (Å²) < 4.78 is 0. The molecule has 1 spiro atoms. The zero-order valence-electron chi connectivity index (χ0n) is 35.7. The molecular formula is C61H43N3. The minimum absolute atomic E-state index is 0.204. The zero-order valence-corrected chi connectivity index (χ0v) is 35.7. The molecule has 0 radical (unpaired) electrons. The lowest BCUT2D eigenvalue weighted by Crippen LogP contribution is -2.40. The molecule has 0 aliphatic heterocycles. The van der Waals surface area contributed by atoms with Crippen molar-refractivity contribution in [2.45, 2.75) is 36.5 Å². The number of allylic oxidation sites excluding steroid dienone is 4. The molecule has 0 bridgehead atoms. The van der Waals surface area contributed by atoms with Crippen LogP contribution >= 0.6 is 0 Å². The summed E-state index contributed by atoms with van der Waals surface area (Å²) in [5.74, 6) is 2.56. The van der Waals surface area contributed by atoms with Crippen LogP contribution in [0.2, 0.25) is 0 Å². The van der Waals surface area contributed by atoms with E-state index in [0.29, 0.717) is 23.4 Å². The molecule has 3 heteroatoms. The van der Waals surface area contributed by atoms with E-state index < -0.39 is 5.41 Å². The normalized spacial score (nSPS) is 17.3. The van der Waals surface area contributed by atoms with Gasteiger partial charge < -0.3 is 0 Å². The summed E-state index contributed by atoms with van der Waals surface area (Å²) >= 11 is 0. The highest BCUT2D eigenvalue weighted by atomic mass is 15.0. The number of benzene rings is 8. The molecule has 9 aromatic rings. The highest BCUT2D eigenvalue weighted by molar-refractivity contribution is 5.97. The van der Waals surface area contributed by atoms with Gasteiger partial charge >= 0.3 is 0 Å². The first-order chi connectivity index (χ1) is 31.5. The minimum Gasteiger partial charge on any atom is -0.208 e. The topological polar surface area (TPSA) is 38.7 Å². The van der Waals surface area contributed by atoms with Crippen molar-refractivity contribution >= 4 is 0 Å². The van der Waals surface area contributed by atoms with Crippen molar-refractivity contribution in [2.24, 2.45) is 0 Å². The van der Waals surface area contributed by atoms with Crippen molar-refractivity contribution in [1.29, 1.82) is 0 Å². The first-order valence-corrected chi connectivity index (χ1v) is 22.4. The molecule has 64 heavy (non-hydrogen) atoms. The average Bonchev–Trinajstić information content (AvgIpc) is 3.66. The Morgan fingerprint density at radius 1 is 0.344 bits per heavy atom. The van der Waals surface area contributed by atoms with E-state index in [0.717, 1.165) is 16.7 Å². The van der Waals surface area contributed by atoms with Crippen molar-refractivity contribution < 1.29 is 0 Å². The quantitative estimate of drug-likeness (QED) is 0.178.